The number of benzene rings is 1. The molecule has 1 aliphatic rings. The van der Waals surface area contributed by atoms with E-state index in [0.717, 1.165) is 24.3 Å². The van der Waals surface area contributed by atoms with Crippen LogP contribution in [0.4, 0.5) is 5.69 Å². The molecule has 1 aromatic carbocycles. The average Bonchev–Trinajstić information content (AvgIpc) is 2.53. The summed E-state index contributed by atoms with van der Waals surface area (Å²) in [7, 11) is 0. The third-order valence-electron chi connectivity index (χ3n) is 2.02. The normalized spacial score (nSPS) is 13.7. The Morgan fingerprint density at radius 3 is 3.17 bits per heavy atom. The van der Waals surface area contributed by atoms with Gasteiger partial charge in [-0.15, -0.1) is 0 Å². The maximum Gasteiger partial charge on any atom is 0.0423 e. The first-order valence-electron chi connectivity index (χ1n) is 3.78. The molecule has 0 aliphatic carbocycles. The van der Waals surface area contributed by atoms with Crippen molar-refractivity contribution in [3.63, 3.8) is 0 Å². The summed E-state index contributed by atoms with van der Waals surface area (Å²) in [5.74, 6) is 0. The van der Waals surface area contributed by atoms with Crippen LogP contribution in [0.1, 0.15) is 11.1 Å². The summed E-state index contributed by atoms with van der Waals surface area (Å²) in [6.45, 7) is 1.69. The molecular formula is C8H8N4. The quantitative estimate of drug-likeness (QED) is 0.382. The highest BCUT2D eigenvalue weighted by atomic mass is 15.1. The van der Waals surface area contributed by atoms with Gasteiger partial charge in [0.05, 0.1) is 0 Å². The minimum Gasteiger partial charge on any atom is -0.309 e. The fourth-order valence-corrected chi connectivity index (χ4v) is 1.45. The molecule has 12 heavy (non-hydrogen) atoms. The van der Waals surface area contributed by atoms with E-state index in [2.05, 4.69) is 15.3 Å². The molecule has 0 amide bonds. The lowest BCUT2D eigenvalue weighted by Crippen LogP contribution is -1.99. The number of hydrogen-bond acceptors (Lipinski definition) is 2. The van der Waals surface area contributed by atoms with Crippen LogP contribution < -0.4 is 5.32 Å². The Morgan fingerprint density at radius 2 is 2.33 bits per heavy atom. The Labute approximate surface area is 69.8 Å². The molecule has 1 aliphatic heterocycles. The van der Waals surface area contributed by atoms with Gasteiger partial charge in [0, 0.05) is 23.7 Å². The van der Waals surface area contributed by atoms with E-state index in [9.17, 15) is 0 Å². The number of azide groups is 1. The van der Waals surface area contributed by atoms with E-state index < -0.39 is 0 Å². The maximum absolute atomic E-state index is 8.29. The minimum atomic E-state index is 0.750. The molecule has 1 N–H and O–H groups in total. The van der Waals surface area contributed by atoms with Crippen molar-refractivity contribution in [3.8, 4) is 0 Å². The molecule has 0 spiro atoms. The standard InChI is InChI=1S/C8H8N4/c9-12-11-8-3-1-2-6-4-10-5-7(6)8/h1-3,10H,4-5H2. The Hall–Kier alpha value is -1.51. The SMILES string of the molecule is [N-]=[N+]=Nc1cccc2c1CNC2. The fraction of sp³-hybridized carbons (Fsp3) is 0.250. The lowest BCUT2D eigenvalue weighted by molar-refractivity contribution is 0.765. The van der Waals surface area contributed by atoms with E-state index in [1.807, 2.05) is 18.2 Å². The van der Waals surface area contributed by atoms with E-state index in [1.165, 1.54) is 5.56 Å². The van der Waals surface area contributed by atoms with Crippen LogP contribution >= 0.6 is 0 Å². The molecule has 0 saturated carbocycles. The molecule has 0 bridgehead atoms. The number of nitrogens with one attached hydrogen (secondary N) is 1. The van der Waals surface area contributed by atoms with E-state index in [-0.39, 0.29) is 0 Å². The molecule has 1 heterocycles. The van der Waals surface area contributed by atoms with Gasteiger partial charge in [-0.1, -0.05) is 23.3 Å². The van der Waals surface area contributed by atoms with Gasteiger partial charge in [-0.05, 0) is 16.7 Å². The Morgan fingerprint density at radius 1 is 1.42 bits per heavy atom. The molecule has 0 saturated heterocycles. The highest BCUT2D eigenvalue weighted by Gasteiger charge is 2.11. The van der Waals surface area contributed by atoms with Crippen LogP contribution in [-0.2, 0) is 13.1 Å². The molecule has 0 fully saturated rings. The zero-order chi connectivity index (χ0) is 8.39. The summed E-state index contributed by atoms with van der Waals surface area (Å²) in [6, 6.07) is 5.80. The predicted molar refractivity (Wildman–Crippen MR) is 45.8 cm³/mol. The van der Waals surface area contributed by atoms with Crippen molar-refractivity contribution >= 4 is 5.69 Å². The topological polar surface area (TPSA) is 60.8 Å². The molecule has 4 nitrogen and oxygen atoms in total. The van der Waals surface area contributed by atoms with Crippen molar-refractivity contribution < 1.29 is 0 Å². The second kappa shape index (κ2) is 2.85. The van der Waals surface area contributed by atoms with Crippen molar-refractivity contribution in [2.24, 2.45) is 5.11 Å². The van der Waals surface area contributed by atoms with Crippen molar-refractivity contribution in [1.29, 1.82) is 0 Å². The van der Waals surface area contributed by atoms with Crippen LogP contribution in [-0.4, -0.2) is 0 Å². The van der Waals surface area contributed by atoms with Crippen LogP contribution in [0.25, 0.3) is 10.4 Å². The van der Waals surface area contributed by atoms with Crippen LogP contribution in [0.5, 0.6) is 0 Å². The Kier molecular flexibility index (Phi) is 1.70. The van der Waals surface area contributed by atoms with Crippen LogP contribution in [0.2, 0.25) is 0 Å². The Balaban J connectivity index is 2.56. The average molecular weight is 160 g/mol. The van der Waals surface area contributed by atoms with E-state index in [0.29, 0.717) is 0 Å². The van der Waals surface area contributed by atoms with Crippen LogP contribution in [0.3, 0.4) is 0 Å². The monoisotopic (exact) mass is 160 g/mol. The van der Waals surface area contributed by atoms with Gasteiger partial charge in [0.2, 0.25) is 0 Å². The lowest BCUT2D eigenvalue weighted by atomic mass is 10.1. The van der Waals surface area contributed by atoms with Gasteiger partial charge in [-0.2, -0.15) is 0 Å². The number of hydrogen-bond donors (Lipinski definition) is 1. The van der Waals surface area contributed by atoms with E-state index in [1.54, 1.807) is 0 Å². The molecule has 0 radical (unpaired) electrons. The summed E-state index contributed by atoms with van der Waals surface area (Å²) in [6.07, 6.45) is 0. The highest BCUT2D eigenvalue weighted by Crippen LogP contribution is 2.26. The molecule has 0 aromatic heterocycles. The van der Waals surface area contributed by atoms with Gasteiger partial charge in [-0.3, -0.25) is 0 Å². The first-order valence-corrected chi connectivity index (χ1v) is 3.78. The number of rotatable bonds is 1. The fourth-order valence-electron chi connectivity index (χ4n) is 1.45. The van der Waals surface area contributed by atoms with Gasteiger partial charge in [0.1, 0.15) is 0 Å². The van der Waals surface area contributed by atoms with Gasteiger partial charge in [0.25, 0.3) is 0 Å². The largest absolute Gasteiger partial charge is 0.309 e. The summed E-state index contributed by atoms with van der Waals surface area (Å²) < 4.78 is 0. The first-order chi connectivity index (χ1) is 5.92. The first kappa shape index (κ1) is 7.16. The third-order valence-corrected chi connectivity index (χ3v) is 2.02. The molecule has 60 valence electrons. The second-order valence-corrected chi connectivity index (χ2v) is 2.71. The third kappa shape index (κ3) is 1.03. The van der Waals surface area contributed by atoms with E-state index >= 15 is 0 Å². The predicted octanol–water partition coefficient (Wildman–Crippen LogP) is 2.23. The molecule has 1 aromatic rings. The number of fused-ring (bicyclic) bond motifs is 1. The van der Waals surface area contributed by atoms with Gasteiger partial charge < -0.3 is 5.32 Å². The van der Waals surface area contributed by atoms with Crippen LogP contribution in [0.15, 0.2) is 23.3 Å². The van der Waals surface area contributed by atoms with Gasteiger partial charge >= 0.3 is 0 Å². The van der Waals surface area contributed by atoms with Crippen molar-refractivity contribution in [2.75, 3.05) is 0 Å². The summed E-state index contributed by atoms with van der Waals surface area (Å²) in [5, 5.41) is 6.82. The zero-order valence-electron chi connectivity index (χ0n) is 6.49. The molecule has 2 rings (SSSR count). The summed E-state index contributed by atoms with van der Waals surface area (Å²) >= 11 is 0. The maximum atomic E-state index is 8.29. The van der Waals surface area contributed by atoms with Crippen LogP contribution in [0, 0.1) is 0 Å². The minimum absolute atomic E-state index is 0.750. The smallest absolute Gasteiger partial charge is 0.0423 e. The highest BCUT2D eigenvalue weighted by molar-refractivity contribution is 5.51. The molecule has 4 heteroatoms. The zero-order valence-corrected chi connectivity index (χ0v) is 6.49. The van der Waals surface area contributed by atoms with Crippen molar-refractivity contribution in [3.05, 3.63) is 39.8 Å². The molecular weight excluding hydrogens is 152 g/mol. The Bertz CT molecular complexity index is 352. The van der Waals surface area contributed by atoms with Gasteiger partial charge in [0.15, 0.2) is 0 Å². The lowest BCUT2D eigenvalue weighted by Gasteiger charge is -1.99. The summed E-state index contributed by atoms with van der Waals surface area (Å²) in [4.78, 5) is 2.78. The van der Waals surface area contributed by atoms with Crippen molar-refractivity contribution in [2.45, 2.75) is 13.1 Å². The van der Waals surface area contributed by atoms with Gasteiger partial charge in [-0.25, -0.2) is 0 Å². The van der Waals surface area contributed by atoms with E-state index in [4.69, 9.17) is 5.53 Å². The second-order valence-electron chi connectivity index (χ2n) is 2.71. The molecule has 0 atom stereocenters. The molecule has 0 unspecified atom stereocenters. The van der Waals surface area contributed by atoms with Crippen molar-refractivity contribution in [1.82, 2.24) is 5.32 Å². The summed E-state index contributed by atoms with van der Waals surface area (Å²) in [5.41, 5.74) is 11.4. The number of nitrogens with zero attached hydrogens (tertiary/aromatic N) is 3.